The Balaban J connectivity index is 2.24. The molecule has 10 nitrogen and oxygen atoms in total. The van der Waals surface area contributed by atoms with Crippen LogP contribution in [0.3, 0.4) is 0 Å². The van der Waals surface area contributed by atoms with E-state index in [9.17, 15) is 29.7 Å². The molecule has 1 fully saturated rings. The molecule has 0 bridgehead atoms. The number of anilines is 1. The lowest BCUT2D eigenvalue weighted by Crippen LogP contribution is -2.59. The number of aliphatic hydroxyl groups is 3. The van der Waals surface area contributed by atoms with Crippen LogP contribution in [0.15, 0.2) is 18.2 Å². The van der Waals surface area contributed by atoms with Crippen molar-refractivity contribution >= 4 is 31.6 Å². The Morgan fingerprint density at radius 1 is 1.26 bits per heavy atom. The number of amides is 1. The van der Waals surface area contributed by atoms with Crippen molar-refractivity contribution in [3.63, 3.8) is 0 Å². The summed E-state index contributed by atoms with van der Waals surface area (Å²) in [6.45, 7) is 1.25. The van der Waals surface area contributed by atoms with E-state index >= 15 is 0 Å². The lowest BCUT2D eigenvalue weighted by Gasteiger charge is -2.38. The number of aliphatic hydroxyl groups excluding tert-OH is 3. The zero-order chi connectivity index (χ0) is 20.1. The maximum Gasteiger partial charge on any atom is 0.243 e. The van der Waals surface area contributed by atoms with Gasteiger partial charge in [-0.1, -0.05) is 6.07 Å². The molecule has 5 atom stereocenters. The van der Waals surface area contributed by atoms with E-state index in [1.165, 1.54) is 26.9 Å². The first kappa shape index (κ1) is 20.8. The van der Waals surface area contributed by atoms with Crippen molar-refractivity contribution in [1.29, 1.82) is 0 Å². The molecule has 0 aromatic heterocycles. The van der Waals surface area contributed by atoms with Crippen LogP contribution in [0.4, 0.5) is 10.5 Å². The molecule has 3 unspecified atom stereocenters. The van der Waals surface area contributed by atoms with E-state index in [-0.39, 0.29) is 24.3 Å². The van der Waals surface area contributed by atoms with Crippen molar-refractivity contribution < 1.29 is 43.9 Å². The Kier molecular flexibility index (Phi) is 6.91. The summed E-state index contributed by atoms with van der Waals surface area (Å²) in [6.07, 6.45) is -7.47. The van der Waals surface area contributed by atoms with E-state index in [4.69, 9.17) is 14.2 Å². The molecule has 1 saturated heterocycles. The van der Waals surface area contributed by atoms with Crippen LogP contribution in [0.25, 0.3) is 0 Å². The SMILES string of the molecule is BC(=O)OCc1ccc(OC2OC(C=O)[C@@H](O)C(O)[C@H]2O)c(NC(C)=O)c1. The Morgan fingerprint density at radius 2 is 1.96 bits per heavy atom. The van der Waals surface area contributed by atoms with E-state index < -0.39 is 42.5 Å². The molecule has 146 valence electrons. The van der Waals surface area contributed by atoms with Gasteiger partial charge in [-0.15, -0.1) is 0 Å². The second-order valence-corrected chi connectivity index (χ2v) is 5.99. The van der Waals surface area contributed by atoms with Gasteiger partial charge in [0.15, 0.2) is 6.29 Å². The first-order valence-corrected chi connectivity index (χ1v) is 8.08. The quantitative estimate of drug-likeness (QED) is 0.334. The molecular formula is C16H20BNO9. The van der Waals surface area contributed by atoms with Crippen LogP contribution in [-0.4, -0.2) is 71.9 Å². The standard InChI is InChI=1S/C16H20BNO9/c1-7(20)18-9-4-8(6-25-16(17)24)2-3-10(9)26-15-14(23)13(22)12(21)11(5-19)27-15/h2-5,11-15,21-23H,6,17H2,1H3,(H,18,20)/t11?,12-,13?,14-,15?/m1/s1. The Hall–Kier alpha value is -2.47. The molecule has 1 aliphatic heterocycles. The predicted molar refractivity (Wildman–Crippen MR) is 92.8 cm³/mol. The summed E-state index contributed by atoms with van der Waals surface area (Å²) in [4.78, 5) is 33.3. The fourth-order valence-electron chi connectivity index (χ4n) is 2.45. The van der Waals surface area contributed by atoms with Crippen molar-refractivity contribution in [3.05, 3.63) is 23.8 Å². The van der Waals surface area contributed by atoms with E-state index in [1.54, 1.807) is 6.07 Å². The molecular weight excluding hydrogens is 361 g/mol. The van der Waals surface area contributed by atoms with E-state index in [2.05, 4.69) is 5.32 Å². The topological polar surface area (TPSA) is 152 Å². The highest BCUT2D eigenvalue weighted by atomic mass is 16.7. The maximum atomic E-state index is 11.4. The maximum absolute atomic E-state index is 11.4. The van der Waals surface area contributed by atoms with Crippen molar-refractivity contribution in [3.8, 4) is 5.75 Å². The van der Waals surface area contributed by atoms with Gasteiger partial charge in [0.2, 0.25) is 25.9 Å². The molecule has 2 rings (SSSR count). The highest BCUT2D eigenvalue weighted by Gasteiger charge is 2.45. The summed E-state index contributed by atoms with van der Waals surface area (Å²) in [5.74, 6) is -0.799. The highest BCUT2D eigenvalue weighted by molar-refractivity contribution is 6.55. The third-order valence-corrected chi connectivity index (χ3v) is 3.78. The Bertz CT molecular complexity index is 713. The molecule has 1 heterocycles. The predicted octanol–water partition coefficient (Wildman–Crippen LogP) is -1.70. The van der Waals surface area contributed by atoms with Gasteiger partial charge in [-0.3, -0.25) is 9.59 Å². The van der Waals surface area contributed by atoms with Crippen molar-refractivity contribution in [2.24, 2.45) is 0 Å². The zero-order valence-electron chi connectivity index (χ0n) is 14.7. The van der Waals surface area contributed by atoms with Crippen LogP contribution >= 0.6 is 0 Å². The van der Waals surface area contributed by atoms with Gasteiger partial charge >= 0.3 is 0 Å². The first-order chi connectivity index (χ1) is 12.7. The van der Waals surface area contributed by atoms with E-state index in [1.807, 2.05) is 0 Å². The van der Waals surface area contributed by atoms with Gasteiger partial charge in [-0.2, -0.15) is 0 Å². The molecule has 1 aliphatic rings. The van der Waals surface area contributed by atoms with Crippen LogP contribution in [0.2, 0.25) is 0 Å². The van der Waals surface area contributed by atoms with Gasteiger partial charge in [-0.25, -0.2) is 0 Å². The van der Waals surface area contributed by atoms with Crippen LogP contribution in [0.5, 0.6) is 5.75 Å². The first-order valence-electron chi connectivity index (χ1n) is 8.08. The molecule has 1 aromatic carbocycles. The molecule has 27 heavy (non-hydrogen) atoms. The van der Waals surface area contributed by atoms with E-state index in [0.717, 1.165) is 0 Å². The summed E-state index contributed by atoms with van der Waals surface area (Å²) in [6, 6.07) is 4.49. The number of ether oxygens (including phenoxy) is 3. The molecule has 0 spiro atoms. The van der Waals surface area contributed by atoms with Crippen molar-refractivity contribution in [1.82, 2.24) is 0 Å². The fraction of sp³-hybridized carbons (Fsp3) is 0.438. The Labute approximate surface area is 155 Å². The second-order valence-electron chi connectivity index (χ2n) is 5.99. The number of benzene rings is 1. The van der Waals surface area contributed by atoms with Gasteiger partial charge < -0.3 is 39.6 Å². The number of hydrogen-bond acceptors (Lipinski definition) is 9. The molecule has 1 amide bonds. The largest absolute Gasteiger partial charge is 0.469 e. The normalized spacial score (nSPS) is 27.5. The highest BCUT2D eigenvalue weighted by Crippen LogP contribution is 2.30. The van der Waals surface area contributed by atoms with Gasteiger partial charge in [0.1, 0.15) is 36.8 Å². The van der Waals surface area contributed by atoms with Gasteiger partial charge in [0.05, 0.1) is 5.69 Å². The van der Waals surface area contributed by atoms with Gasteiger partial charge in [0, 0.05) is 6.92 Å². The summed E-state index contributed by atoms with van der Waals surface area (Å²) >= 11 is 0. The van der Waals surface area contributed by atoms with Crippen molar-refractivity contribution in [2.75, 3.05) is 5.32 Å². The fourth-order valence-corrected chi connectivity index (χ4v) is 2.45. The average molecular weight is 381 g/mol. The third-order valence-electron chi connectivity index (χ3n) is 3.78. The number of carbonyl (C=O) groups excluding carboxylic acids is 3. The minimum Gasteiger partial charge on any atom is -0.469 e. The molecule has 1 aromatic rings. The smallest absolute Gasteiger partial charge is 0.243 e. The minimum absolute atomic E-state index is 0.0249. The van der Waals surface area contributed by atoms with Crippen LogP contribution in [0, 0.1) is 0 Å². The van der Waals surface area contributed by atoms with Gasteiger partial charge in [0.25, 0.3) is 0 Å². The second kappa shape index (κ2) is 8.95. The average Bonchev–Trinajstić information content (AvgIpc) is 2.61. The lowest BCUT2D eigenvalue weighted by molar-refractivity contribution is -0.263. The number of aldehydes is 1. The summed E-state index contributed by atoms with van der Waals surface area (Å²) in [5, 5.41) is 32.1. The monoisotopic (exact) mass is 381 g/mol. The molecule has 11 heteroatoms. The molecule has 0 saturated carbocycles. The van der Waals surface area contributed by atoms with Gasteiger partial charge in [-0.05, 0) is 17.7 Å². The minimum atomic E-state index is -1.66. The summed E-state index contributed by atoms with van der Waals surface area (Å²) < 4.78 is 15.6. The van der Waals surface area contributed by atoms with Crippen LogP contribution < -0.4 is 10.1 Å². The zero-order valence-corrected chi connectivity index (χ0v) is 14.7. The Morgan fingerprint density at radius 3 is 2.56 bits per heavy atom. The van der Waals surface area contributed by atoms with Crippen LogP contribution in [0.1, 0.15) is 12.5 Å². The molecule has 4 N–H and O–H groups in total. The summed E-state index contributed by atoms with van der Waals surface area (Å²) in [7, 11) is 1.26. The van der Waals surface area contributed by atoms with E-state index in [0.29, 0.717) is 5.56 Å². The number of carbonyl (C=O) groups is 3. The third kappa shape index (κ3) is 5.26. The lowest BCUT2D eigenvalue weighted by atomic mass is 10.00. The number of nitrogens with one attached hydrogen (secondary N) is 1. The van der Waals surface area contributed by atoms with Crippen LogP contribution in [-0.2, 0) is 25.7 Å². The summed E-state index contributed by atoms with van der Waals surface area (Å²) in [5.41, 5.74) is 0.763. The number of hydrogen-bond donors (Lipinski definition) is 4. The molecule has 0 radical (unpaired) electrons. The van der Waals surface area contributed by atoms with Crippen molar-refractivity contribution in [2.45, 2.75) is 44.2 Å². The molecule has 0 aliphatic carbocycles. The number of rotatable bonds is 6.